The van der Waals surface area contributed by atoms with Gasteiger partial charge < -0.3 is 15.4 Å². The van der Waals surface area contributed by atoms with Gasteiger partial charge in [0, 0.05) is 12.1 Å². The van der Waals surface area contributed by atoms with Crippen LogP contribution in [-0.2, 0) is 6.42 Å². The summed E-state index contributed by atoms with van der Waals surface area (Å²) in [6, 6.07) is 22.2. The average Bonchev–Trinajstić information content (AvgIpc) is 2.75. The lowest BCUT2D eigenvalue weighted by atomic mass is 10.1. The van der Waals surface area contributed by atoms with Crippen LogP contribution in [0.2, 0.25) is 0 Å². The van der Waals surface area contributed by atoms with Crippen molar-refractivity contribution in [1.29, 1.82) is 0 Å². The van der Waals surface area contributed by atoms with Crippen LogP contribution in [0, 0.1) is 6.92 Å². The highest BCUT2D eigenvalue weighted by molar-refractivity contribution is 6.09. The maximum Gasteiger partial charge on any atom is 0.255 e. The Kier molecular flexibility index (Phi) is 6.63. The number of benzene rings is 3. The van der Waals surface area contributed by atoms with Crippen molar-refractivity contribution in [3.63, 3.8) is 0 Å². The lowest BCUT2D eigenvalue weighted by Gasteiger charge is -2.12. The van der Waals surface area contributed by atoms with Gasteiger partial charge in [-0.1, -0.05) is 48.5 Å². The van der Waals surface area contributed by atoms with Crippen LogP contribution in [0.25, 0.3) is 0 Å². The number of anilines is 1. The Balaban J connectivity index is 1.68. The quantitative estimate of drug-likeness (QED) is 0.637. The first-order valence-corrected chi connectivity index (χ1v) is 9.45. The number of hydrogen-bond donors (Lipinski definition) is 2. The second-order valence-electron chi connectivity index (χ2n) is 6.68. The minimum atomic E-state index is -0.298. The van der Waals surface area contributed by atoms with Crippen molar-refractivity contribution >= 4 is 17.5 Å². The third-order valence-corrected chi connectivity index (χ3v) is 4.63. The molecule has 0 saturated carbocycles. The number of methoxy groups -OCH3 is 1. The molecule has 0 aromatic heterocycles. The Morgan fingerprint density at radius 1 is 0.897 bits per heavy atom. The first kappa shape index (κ1) is 20.1. The molecule has 0 bridgehead atoms. The third kappa shape index (κ3) is 5.23. The molecule has 3 aromatic carbocycles. The lowest BCUT2D eigenvalue weighted by Crippen LogP contribution is -2.27. The number of ether oxygens (including phenoxy) is 1. The molecule has 148 valence electrons. The van der Waals surface area contributed by atoms with Crippen LogP contribution in [0.15, 0.2) is 72.8 Å². The normalized spacial score (nSPS) is 10.3. The Morgan fingerprint density at radius 2 is 1.62 bits per heavy atom. The van der Waals surface area contributed by atoms with Gasteiger partial charge in [0.1, 0.15) is 5.75 Å². The fraction of sp³-hybridized carbons (Fsp3) is 0.167. The van der Waals surface area contributed by atoms with Gasteiger partial charge >= 0.3 is 0 Å². The van der Waals surface area contributed by atoms with E-state index >= 15 is 0 Å². The number of carbonyl (C=O) groups excluding carboxylic acids is 2. The smallest absolute Gasteiger partial charge is 0.255 e. The second-order valence-corrected chi connectivity index (χ2v) is 6.68. The predicted molar refractivity (Wildman–Crippen MR) is 115 cm³/mol. The van der Waals surface area contributed by atoms with Crippen LogP contribution >= 0.6 is 0 Å². The van der Waals surface area contributed by atoms with Crippen molar-refractivity contribution in [2.24, 2.45) is 0 Å². The molecule has 2 N–H and O–H groups in total. The van der Waals surface area contributed by atoms with E-state index in [1.54, 1.807) is 43.5 Å². The van der Waals surface area contributed by atoms with Gasteiger partial charge in [-0.15, -0.1) is 0 Å². The highest BCUT2D eigenvalue weighted by Gasteiger charge is 2.14. The van der Waals surface area contributed by atoms with Gasteiger partial charge in [-0.25, -0.2) is 0 Å². The van der Waals surface area contributed by atoms with Crippen LogP contribution < -0.4 is 15.4 Å². The number of aryl methyl sites for hydroxylation is 1. The molecule has 0 heterocycles. The maximum absolute atomic E-state index is 12.7. The molecule has 0 aliphatic rings. The minimum absolute atomic E-state index is 0.224. The number of nitrogens with one attached hydrogen (secondary N) is 2. The van der Waals surface area contributed by atoms with Crippen LogP contribution in [0.5, 0.6) is 5.75 Å². The first-order valence-electron chi connectivity index (χ1n) is 9.45. The minimum Gasteiger partial charge on any atom is -0.496 e. The molecule has 0 aliphatic heterocycles. The van der Waals surface area contributed by atoms with E-state index in [4.69, 9.17) is 4.74 Å². The fourth-order valence-corrected chi connectivity index (χ4v) is 3.01. The Bertz CT molecular complexity index is 1000. The van der Waals surface area contributed by atoms with E-state index in [-0.39, 0.29) is 11.8 Å². The van der Waals surface area contributed by atoms with Crippen molar-refractivity contribution in [2.45, 2.75) is 13.3 Å². The number of amides is 2. The van der Waals surface area contributed by atoms with Crippen molar-refractivity contribution in [1.82, 2.24) is 5.32 Å². The van der Waals surface area contributed by atoms with Gasteiger partial charge in [0.15, 0.2) is 0 Å². The summed E-state index contributed by atoms with van der Waals surface area (Å²) in [7, 11) is 1.57. The monoisotopic (exact) mass is 388 g/mol. The van der Waals surface area contributed by atoms with E-state index in [1.807, 2.05) is 43.3 Å². The molecule has 0 atom stereocenters. The number of hydrogen-bond acceptors (Lipinski definition) is 3. The van der Waals surface area contributed by atoms with E-state index in [0.29, 0.717) is 29.1 Å². The lowest BCUT2D eigenvalue weighted by molar-refractivity contribution is 0.0955. The van der Waals surface area contributed by atoms with Crippen molar-refractivity contribution in [3.05, 3.63) is 95.1 Å². The first-order chi connectivity index (χ1) is 14.1. The molecular formula is C24H24N2O3. The summed E-state index contributed by atoms with van der Waals surface area (Å²) in [6.45, 7) is 2.43. The molecule has 0 unspecified atom stereocenters. The van der Waals surface area contributed by atoms with Crippen molar-refractivity contribution in [2.75, 3.05) is 19.0 Å². The molecule has 3 rings (SSSR count). The van der Waals surface area contributed by atoms with E-state index in [0.717, 1.165) is 17.5 Å². The van der Waals surface area contributed by atoms with Gasteiger partial charge in [-0.3, -0.25) is 9.59 Å². The highest BCUT2D eigenvalue weighted by atomic mass is 16.5. The maximum atomic E-state index is 12.7. The zero-order valence-electron chi connectivity index (χ0n) is 16.6. The summed E-state index contributed by atoms with van der Waals surface area (Å²) in [4.78, 5) is 25.3. The molecule has 5 heteroatoms. The summed E-state index contributed by atoms with van der Waals surface area (Å²) in [6.07, 6.45) is 0.740. The summed E-state index contributed by atoms with van der Waals surface area (Å²) in [5.74, 6) is 0.121. The number of carbonyl (C=O) groups is 2. The van der Waals surface area contributed by atoms with Gasteiger partial charge in [-0.2, -0.15) is 0 Å². The number of para-hydroxylation sites is 1. The van der Waals surface area contributed by atoms with E-state index in [9.17, 15) is 9.59 Å². The second kappa shape index (κ2) is 9.55. The Labute approximate surface area is 170 Å². The molecular weight excluding hydrogens is 364 g/mol. The van der Waals surface area contributed by atoms with Crippen LogP contribution in [0.4, 0.5) is 5.69 Å². The third-order valence-electron chi connectivity index (χ3n) is 4.63. The SMILES string of the molecule is COc1cc(C(=O)Nc2ccccc2C(=O)NCCc2ccccc2)ccc1C. The van der Waals surface area contributed by atoms with Gasteiger partial charge in [0.25, 0.3) is 11.8 Å². The molecule has 0 spiro atoms. The largest absolute Gasteiger partial charge is 0.496 e. The Hall–Kier alpha value is -3.60. The zero-order valence-corrected chi connectivity index (χ0v) is 16.6. The van der Waals surface area contributed by atoms with E-state index in [1.165, 1.54) is 0 Å². The van der Waals surface area contributed by atoms with Gasteiger partial charge in [0.05, 0.1) is 18.4 Å². The average molecular weight is 388 g/mol. The van der Waals surface area contributed by atoms with Crippen molar-refractivity contribution < 1.29 is 14.3 Å². The molecule has 2 amide bonds. The summed E-state index contributed by atoms with van der Waals surface area (Å²) >= 11 is 0. The number of rotatable bonds is 7. The molecule has 0 radical (unpaired) electrons. The highest BCUT2D eigenvalue weighted by Crippen LogP contribution is 2.21. The zero-order chi connectivity index (χ0) is 20.6. The van der Waals surface area contributed by atoms with Crippen LogP contribution in [0.1, 0.15) is 31.8 Å². The predicted octanol–water partition coefficient (Wildman–Crippen LogP) is 4.23. The van der Waals surface area contributed by atoms with Gasteiger partial charge in [-0.05, 0) is 48.7 Å². The molecule has 0 aliphatic carbocycles. The standard InChI is InChI=1S/C24H24N2O3/c1-17-12-13-19(16-22(17)29-2)23(27)26-21-11-7-6-10-20(21)24(28)25-15-14-18-8-4-3-5-9-18/h3-13,16H,14-15H2,1-2H3,(H,25,28)(H,26,27). The molecule has 29 heavy (non-hydrogen) atoms. The van der Waals surface area contributed by atoms with E-state index in [2.05, 4.69) is 10.6 Å². The van der Waals surface area contributed by atoms with Crippen molar-refractivity contribution in [3.8, 4) is 5.75 Å². The molecule has 5 nitrogen and oxygen atoms in total. The van der Waals surface area contributed by atoms with Crippen LogP contribution in [0.3, 0.4) is 0 Å². The van der Waals surface area contributed by atoms with Crippen LogP contribution in [-0.4, -0.2) is 25.5 Å². The summed E-state index contributed by atoms with van der Waals surface area (Å²) < 4.78 is 5.28. The molecule has 3 aromatic rings. The van der Waals surface area contributed by atoms with E-state index < -0.39 is 0 Å². The fourth-order valence-electron chi connectivity index (χ4n) is 3.01. The summed E-state index contributed by atoms with van der Waals surface area (Å²) in [5, 5.41) is 5.75. The Morgan fingerprint density at radius 3 is 2.38 bits per heavy atom. The van der Waals surface area contributed by atoms with Gasteiger partial charge in [0.2, 0.25) is 0 Å². The summed E-state index contributed by atoms with van der Waals surface area (Å²) in [5.41, 5.74) is 3.46. The molecule has 0 fully saturated rings. The molecule has 0 saturated heterocycles. The topological polar surface area (TPSA) is 67.4 Å².